The van der Waals surface area contributed by atoms with E-state index in [1.165, 1.54) is 0 Å². The van der Waals surface area contributed by atoms with Crippen LogP contribution in [0.15, 0.2) is 0 Å². The predicted molar refractivity (Wildman–Crippen MR) is 27.9 cm³/mol. The maximum absolute atomic E-state index is 10.1. The smallest absolute Gasteiger partial charge is 0.850 e. The molecule has 8 heavy (non-hydrogen) atoms. The number of hydrogen-bond acceptors (Lipinski definition) is 2. The molecular weight excluding hydrogens is 115 g/mol. The second kappa shape index (κ2) is 7.92. The first-order valence-corrected chi connectivity index (χ1v) is 2.15. The van der Waals surface area contributed by atoms with E-state index in [0.29, 0.717) is 0 Å². The van der Waals surface area contributed by atoms with Crippen LogP contribution in [0.4, 0.5) is 0 Å². The fourth-order valence-corrected chi connectivity index (χ4v) is 0. The largest absolute Gasteiger partial charge is 1.00 e. The van der Waals surface area contributed by atoms with Crippen LogP contribution >= 0.6 is 0 Å². The van der Waals surface area contributed by atoms with Gasteiger partial charge in [0.05, 0.1) is 0 Å². The van der Waals surface area contributed by atoms with E-state index in [4.69, 9.17) is 5.11 Å². The minimum absolute atomic E-state index is 0. The predicted octanol–water partition coefficient (Wildman–Crippen LogP) is -3.24. The summed E-state index contributed by atoms with van der Waals surface area (Å²) in [5.74, 6) is 0. The van der Waals surface area contributed by atoms with Gasteiger partial charge < -0.3 is 10.2 Å². The summed E-state index contributed by atoms with van der Waals surface area (Å²) in [4.78, 5) is 0. The summed E-state index contributed by atoms with van der Waals surface area (Å²) >= 11 is 0. The van der Waals surface area contributed by atoms with Crippen molar-refractivity contribution in [2.24, 2.45) is 0 Å². The summed E-state index contributed by atoms with van der Waals surface area (Å²) in [6, 6.07) is 0. The molecule has 0 spiro atoms. The molecule has 0 aliphatic carbocycles. The van der Waals surface area contributed by atoms with E-state index in [0.717, 1.165) is 7.11 Å². The Morgan fingerprint density at radius 2 is 1.12 bits per heavy atom. The number of aliphatic hydroxyl groups excluding tert-OH is 1. The van der Waals surface area contributed by atoms with E-state index < -0.39 is 5.60 Å². The Kier molecular flexibility index (Phi) is 15.8. The van der Waals surface area contributed by atoms with Crippen LogP contribution in [0, 0.1) is 0 Å². The molecule has 1 N–H and O–H groups in total. The summed E-state index contributed by atoms with van der Waals surface area (Å²) in [6.45, 7) is 4.90. The average molecular weight is 128 g/mol. The average Bonchev–Trinajstić information content (AvgIpc) is 1.36. The van der Waals surface area contributed by atoms with Crippen LogP contribution in [0.2, 0.25) is 0 Å². The molecule has 0 saturated carbocycles. The van der Waals surface area contributed by atoms with E-state index >= 15 is 0 Å². The summed E-state index contributed by atoms with van der Waals surface area (Å²) in [7, 11) is 1.00. The summed E-state index contributed by atoms with van der Waals surface area (Å²) < 4.78 is 0. The third-order valence-electron chi connectivity index (χ3n) is 0. The fourth-order valence-electron chi connectivity index (χ4n) is 0. The molecular formula is C5H13NaO2. The van der Waals surface area contributed by atoms with Crippen molar-refractivity contribution in [1.82, 2.24) is 0 Å². The summed E-state index contributed by atoms with van der Waals surface area (Å²) in [6.07, 6.45) is 0. The van der Waals surface area contributed by atoms with Crippen LogP contribution in [-0.4, -0.2) is 17.8 Å². The molecule has 0 aromatic heterocycles. The van der Waals surface area contributed by atoms with Gasteiger partial charge in [-0.05, 0) is 0 Å². The molecule has 0 aromatic rings. The topological polar surface area (TPSA) is 43.3 Å². The van der Waals surface area contributed by atoms with Crippen LogP contribution in [0.3, 0.4) is 0 Å². The van der Waals surface area contributed by atoms with E-state index in [2.05, 4.69) is 0 Å². The molecule has 0 fully saturated rings. The van der Waals surface area contributed by atoms with Crippen molar-refractivity contribution in [2.75, 3.05) is 7.11 Å². The molecule has 0 heterocycles. The van der Waals surface area contributed by atoms with Crippen molar-refractivity contribution in [1.29, 1.82) is 0 Å². The van der Waals surface area contributed by atoms with Crippen molar-refractivity contribution in [3.8, 4) is 0 Å². The zero-order valence-electron chi connectivity index (χ0n) is 6.36. The van der Waals surface area contributed by atoms with Crippen molar-refractivity contribution in [2.45, 2.75) is 26.4 Å². The van der Waals surface area contributed by atoms with Gasteiger partial charge in [-0.3, -0.25) is 0 Å². The number of hydrogen-bond donors (Lipinski definition) is 1. The molecule has 0 aromatic carbocycles. The van der Waals surface area contributed by atoms with Gasteiger partial charge in [0, 0.05) is 7.11 Å². The van der Waals surface area contributed by atoms with Gasteiger partial charge in [0.1, 0.15) is 0 Å². The first-order valence-electron chi connectivity index (χ1n) is 2.15. The molecule has 0 radical (unpaired) electrons. The van der Waals surface area contributed by atoms with Gasteiger partial charge >= 0.3 is 29.6 Å². The Balaban J connectivity index is -0.0000000750. The maximum Gasteiger partial charge on any atom is 1.00 e. The van der Waals surface area contributed by atoms with Crippen molar-refractivity contribution < 1.29 is 39.8 Å². The fraction of sp³-hybridized carbons (Fsp3) is 1.00. The van der Waals surface area contributed by atoms with Crippen molar-refractivity contribution in [3.63, 3.8) is 0 Å². The van der Waals surface area contributed by atoms with E-state index in [1.54, 1.807) is 20.8 Å². The third-order valence-corrected chi connectivity index (χ3v) is 0. The molecule has 0 amide bonds. The SMILES string of the molecule is CC(C)(C)[O-].CO.[Na+]. The molecule has 0 unspecified atom stereocenters. The Morgan fingerprint density at radius 1 is 1.12 bits per heavy atom. The van der Waals surface area contributed by atoms with E-state index in [9.17, 15) is 5.11 Å². The minimum atomic E-state index is -0.750. The normalized spacial score (nSPS) is 8.25. The number of aliphatic hydroxyl groups is 1. The quantitative estimate of drug-likeness (QED) is 0.348. The third kappa shape index (κ3) is 287. The second-order valence-electron chi connectivity index (χ2n) is 2.11. The van der Waals surface area contributed by atoms with Crippen molar-refractivity contribution in [3.05, 3.63) is 0 Å². The monoisotopic (exact) mass is 128 g/mol. The van der Waals surface area contributed by atoms with Crippen LogP contribution < -0.4 is 34.7 Å². The first-order chi connectivity index (χ1) is 3.00. The Labute approximate surface area is 73.2 Å². The van der Waals surface area contributed by atoms with Crippen LogP contribution in [0.5, 0.6) is 0 Å². The van der Waals surface area contributed by atoms with Gasteiger partial charge in [0.15, 0.2) is 0 Å². The van der Waals surface area contributed by atoms with Gasteiger partial charge in [-0.15, -0.1) is 5.60 Å². The standard InChI is InChI=1S/C4H9O.CH4O.Na/c1-4(2,3)5;1-2;/h1-3H3;2H,1H3;/q-1;;+1. The Hall–Kier alpha value is 0.920. The van der Waals surface area contributed by atoms with Crippen LogP contribution in [0.1, 0.15) is 20.8 Å². The zero-order valence-corrected chi connectivity index (χ0v) is 8.36. The second-order valence-corrected chi connectivity index (χ2v) is 2.11. The molecule has 3 heteroatoms. The molecule has 0 saturated heterocycles. The Morgan fingerprint density at radius 3 is 1.12 bits per heavy atom. The van der Waals surface area contributed by atoms with Gasteiger partial charge in [0.25, 0.3) is 0 Å². The molecule has 0 aliphatic rings. The minimum Gasteiger partial charge on any atom is -0.850 e. The van der Waals surface area contributed by atoms with Gasteiger partial charge in [-0.2, -0.15) is 0 Å². The molecule has 2 nitrogen and oxygen atoms in total. The Bertz CT molecular complexity index is 25.9. The van der Waals surface area contributed by atoms with Crippen molar-refractivity contribution >= 4 is 0 Å². The maximum atomic E-state index is 10.1. The van der Waals surface area contributed by atoms with Gasteiger partial charge in [0.2, 0.25) is 0 Å². The molecule has 0 rings (SSSR count). The number of rotatable bonds is 0. The zero-order chi connectivity index (χ0) is 6.50. The van der Waals surface area contributed by atoms with Crippen LogP contribution in [0.25, 0.3) is 0 Å². The molecule has 46 valence electrons. The summed E-state index contributed by atoms with van der Waals surface area (Å²) in [5, 5.41) is 17.1. The van der Waals surface area contributed by atoms with Gasteiger partial charge in [-0.25, -0.2) is 0 Å². The first kappa shape index (κ1) is 16.0. The molecule has 0 aliphatic heterocycles. The van der Waals surface area contributed by atoms with Crippen LogP contribution in [-0.2, 0) is 0 Å². The molecule has 0 atom stereocenters. The van der Waals surface area contributed by atoms with E-state index in [1.807, 2.05) is 0 Å². The molecule has 0 bridgehead atoms. The summed E-state index contributed by atoms with van der Waals surface area (Å²) in [5.41, 5.74) is -0.750. The van der Waals surface area contributed by atoms with E-state index in [-0.39, 0.29) is 29.6 Å². The van der Waals surface area contributed by atoms with Gasteiger partial charge in [-0.1, -0.05) is 20.8 Å².